The second-order valence-corrected chi connectivity index (χ2v) is 14.0. The second-order valence-electron chi connectivity index (χ2n) is 11.6. The van der Waals surface area contributed by atoms with E-state index in [0.29, 0.717) is 5.82 Å². The van der Waals surface area contributed by atoms with Crippen molar-refractivity contribution in [2.24, 2.45) is 11.1 Å². The molecule has 0 spiro atoms. The van der Waals surface area contributed by atoms with Crippen LogP contribution in [0.1, 0.15) is 44.6 Å². The number of nitrogens with zero attached hydrogens (tertiary/aromatic N) is 5. The highest BCUT2D eigenvalue weighted by atomic mass is 32.2. The first-order valence-corrected chi connectivity index (χ1v) is 15.6. The van der Waals surface area contributed by atoms with Crippen LogP contribution in [-0.4, -0.2) is 82.9 Å². The Hall–Kier alpha value is -3.45. The molecule has 1 fully saturated rings. The lowest BCUT2D eigenvalue weighted by molar-refractivity contribution is 0.0820. The van der Waals surface area contributed by atoms with Crippen LogP contribution in [0.25, 0.3) is 11.4 Å². The quantitative estimate of drug-likeness (QED) is 0.391. The number of sulfone groups is 1. The maximum Gasteiger partial charge on any atom is 0.320 e. The number of halogens is 3. The number of hydrogen-bond donors (Lipinski definition) is 1. The Morgan fingerprint density at radius 2 is 1.76 bits per heavy atom. The molecule has 2 N–H and O–H groups in total. The highest BCUT2D eigenvalue weighted by molar-refractivity contribution is 7.91. The number of aromatic nitrogens is 3. The van der Waals surface area contributed by atoms with Gasteiger partial charge in [-0.25, -0.2) is 36.0 Å². The summed E-state index contributed by atoms with van der Waals surface area (Å²) in [7, 11) is -3.26. The van der Waals surface area contributed by atoms with Gasteiger partial charge in [0.1, 0.15) is 18.3 Å². The number of nitrogens with two attached hydrogens (primary N) is 1. The first-order chi connectivity index (χ1) is 19.8. The third-order valence-electron chi connectivity index (χ3n) is 7.22. The molecule has 2 atom stereocenters. The number of carbonyl (C=O) groups excluding carboxylic acids is 1. The summed E-state index contributed by atoms with van der Waals surface area (Å²) in [5.41, 5.74) is 5.96. The maximum atomic E-state index is 14.9. The summed E-state index contributed by atoms with van der Waals surface area (Å²) in [4.78, 5) is 21.8. The Morgan fingerprint density at radius 1 is 1.10 bits per heavy atom. The largest absolute Gasteiger partial charge is 0.325 e. The van der Waals surface area contributed by atoms with Gasteiger partial charge in [-0.15, -0.1) is 0 Å². The van der Waals surface area contributed by atoms with E-state index in [1.807, 2.05) is 51.1 Å². The highest BCUT2D eigenvalue weighted by Crippen LogP contribution is 2.39. The fraction of sp³-hybridized carbons (Fsp3) is 0.483. The molecule has 2 aromatic carbocycles. The van der Waals surface area contributed by atoms with E-state index in [9.17, 15) is 26.4 Å². The minimum absolute atomic E-state index is 0.0140. The highest BCUT2D eigenvalue weighted by Gasteiger charge is 2.41. The fourth-order valence-electron chi connectivity index (χ4n) is 5.01. The minimum atomic E-state index is -3.26. The van der Waals surface area contributed by atoms with E-state index in [0.717, 1.165) is 23.8 Å². The van der Waals surface area contributed by atoms with Crippen molar-refractivity contribution < 1.29 is 26.4 Å². The number of amides is 2. The lowest BCUT2D eigenvalue weighted by Crippen LogP contribution is -2.53. The molecule has 1 unspecified atom stereocenters. The second kappa shape index (κ2) is 12.8. The summed E-state index contributed by atoms with van der Waals surface area (Å²) in [6, 6.07) is 10.3. The molecule has 1 aliphatic heterocycles. The Kier molecular flexibility index (Phi) is 9.61. The monoisotopic (exact) mass is 606 g/mol. The molecule has 1 aliphatic rings. The molecule has 0 radical (unpaired) electrons. The molecule has 9 nitrogen and oxygen atoms in total. The van der Waals surface area contributed by atoms with Crippen LogP contribution < -0.4 is 5.73 Å². The van der Waals surface area contributed by atoms with Crippen LogP contribution in [0.15, 0.2) is 48.5 Å². The molecule has 42 heavy (non-hydrogen) atoms. The average molecular weight is 607 g/mol. The fourth-order valence-corrected chi connectivity index (χ4v) is 6.21. The molecule has 13 heteroatoms. The van der Waals surface area contributed by atoms with Crippen LogP contribution in [-0.2, 0) is 16.4 Å². The number of carbonyl (C=O) groups is 1. The van der Waals surface area contributed by atoms with E-state index in [2.05, 4.69) is 5.10 Å². The Bertz CT molecular complexity index is 1480. The standard InChI is InChI=1S/C29H37F3N6O3S/c1-29(2,3)25(37(12-11-22(33)18-30)28(39)36-13-15-42(40,41)16-14-36)27-34-26(23-17-21(31)9-10-24(23)32)35-38(27)19-20-7-5-4-6-8-20/h4-10,17,22,25H,11-16,18-19,33H2,1-3H3/t22?,25-/m0/s1. The summed E-state index contributed by atoms with van der Waals surface area (Å²) < 4.78 is 68.2. The number of alkyl halides is 1. The van der Waals surface area contributed by atoms with Crippen molar-refractivity contribution >= 4 is 15.9 Å². The summed E-state index contributed by atoms with van der Waals surface area (Å²) in [5, 5.41) is 4.58. The van der Waals surface area contributed by atoms with E-state index in [1.165, 1.54) is 9.80 Å². The molecular weight excluding hydrogens is 569 g/mol. The van der Waals surface area contributed by atoms with E-state index in [4.69, 9.17) is 10.7 Å². The van der Waals surface area contributed by atoms with Gasteiger partial charge in [0.15, 0.2) is 21.5 Å². The third-order valence-corrected chi connectivity index (χ3v) is 8.83. The van der Waals surface area contributed by atoms with E-state index >= 15 is 0 Å². The van der Waals surface area contributed by atoms with E-state index < -0.39 is 51.7 Å². The molecule has 0 aliphatic carbocycles. The summed E-state index contributed by atoms with van der Waals surface area (Å²) >= 11 is 0. The van der Waals surface area contributed by atoms with Crippen LogP contribution in [0.5, 0.6) is 0 Å². The molecule has 228 valence electrons. The van der Waals surface area contributed by atoms with Gasteiger partial charge in [-0.2, -0.15) is 5.10 Å². The van der Waals surface area contributed by atoms with Crippen molar-refractivity contribution in [2.75, 3.05) is 37.8 Å². The van der Waals surface area contributed by atoms with Crippen LogP contribution in [0.2, 0.25) is 0 Å². The van der Waals surface area contributed by atoms with Gasteiger partial charge in [-0.1, -0.05) is 51.1 Å². The van der Waals surface area contributed by atoms with Gasteiger partial charge in [0.05, 0.1) is 29.7 Å². The van der Waals surface area contributed by atoms with Crippen molar-refractivity contribution in [3.63, 3.8) is 0 Å². The van der Waals surface area contributed by atoms with Crippen LogP contribution in [0.3, 0.4) is 0 Å². The van der Waals surface area contributed by atoms with Gasteiger partial charge in [0.2, 0.25) is 0 Å². The first-order valence-electron chi connectivity index (χ1n) is 13.8. The van der Waals surface area contributed by atoms with Crippen molar-refractivity contribution in [3.05, 3.63) is 71.6 Å². The molecule has 2 amide bonds. The zero-order chi connectivity index (χ0) is 30.7. The SMILES string of the molecule is CC(C)(C)[C@H](c1nc(-c2cc(F)ccc2F)nn1Cc1ccccc1)N(CCC(N)CF)C(=O)N1CCS(=O)(=O)CC1. The molecule has 3 aromatic rings. The zero-order valence-electron chi connectivity index (χ0n) is 24.0. The minimum Gasteiger partial charge on any atom is -0.325 e. The number of urea groups is 1. The average Bonchev–Trinajstić information content (AvgIpc) is 3.33. The lowest BCUT2D eigenvalue weighted by atomic mass is 9.84. The van der Waals surface area contributed by atoms with Gasteiger partial charge in [0, 0.05) is 25.7 Å². The number of hydrogen-bond acceptors (Lipinski definition) is 6. The smallest absolute Gasteiger partial charge is 0.320 e. The Labute approximate surface area is 244 Å². The molecule has 0 saturated carbocycles. The van der Waals surface area contributed by atoms with Crippen LogP contribution in [0, 0.1) is 17.0 Å². The summed E-state index contributed by atoms with van der Waals surface area (Å²) in [5.74, 6) is -1.42. The van der Waals surface area contributed by atoms with Gasteiger partial charge in [0.25, 0.3) is 0 Å². The Balaban J connectivity index is 1.85. The number of rotatable bonds is 9. The molecule has 0 bridgehead atoms. The van der Waals surface area contributed by atoms with Gasteiger partial charge >= 0.3 is 6.03 Å². The molecule has 2 heterocycles. The van der Waals surface area contributed by atoms with Crippen molar-refractivity contribution in [1.82, 2.24) is 24.6 Å². The summed E-state index contributed by atoms with van der Waals surface area (Å²) in [6.07, 6.45) is 0.138. The van der Waals surface area contributed by atoms with Crippen molar-refractivity contribution in [1.29, 1.82) is 0 Å². The van der Waals surface area contributed by atoms with Gasteiger partial charge in [-0.05, 0) is 35.6 Å². The van der Waals surface area contributed by atoms with E-state index in [-0.39, 0.29) is 55.5 Å². The van der Waals surface area contributed by atoms with Crippen LogP contribution in [0.4, 0.5) is 18.0 Å². The predicted octanol–water partition coefficient (Wildman–Crippen LogP) is 4.20. The normalized spacial score (nSPS) is 16.7. The van der Waals surface area contributed by atoms with Crippen molar-refractivity contribution in [2.45, 2.75) is 45.8 Å². The predicted molar refractivity (Wildman–Crippen MR) is 154 cm³/mol. The summed E-state index contributed by atoms with van der Waals surface area (Å²) in [6.45, 7) is 5.22. The lowest BCUT2D eigenvalue weighted by Gasteiger charge is -2.42. The van der Waals surface area contributed by atoms with Gasteiger partial charge < -0.3 is 15.5 Å². The maximum absolute atomic E-state index is 14.9. The molecule has 1 saturated heterocycles. The third kappa shape index (κ3) is 7.49. The van der Waals surface area contributed by atoms with E-state index in [1.54, 1.807) is 4.68 Å². The van der Waals surface area contributed by atoms with Crippen molar-refractivity contribution in [3.8, 4) is 11.4 Å². The molecular formula is C29H37F3N6O3S. The Morgan fingerprint density at radius 3 is 2.38 bits per heavy atom. The first kappa shape index (κ1) is 31.5. The topological polar surface area (TPSA) is 114 Å². The zero-order valence-corrected chi connectivity index (χ0v) is 24.8. The number of benzene rings is 2. The van der Waals surface area contributed by atoms with Crippen LogP contribution >= 0.6 is 0 Å². The van der Waals surface area contributed by atoms with Gasteiger partial charge in [-0.3, -0.25) is 0 Å². The molecule has 1 aromatic heterocycles. The molecule has 4 rings (SSSR count).